The van der Waals surface area contributed by atoms with Crippen LogP contribution in [0.1, 0.15) is 53.8 Å². The van der Waals surface area contributed by atoms with Crippen molar-refractivity contribution in [3.8, 4) is 22.8 Å². The lowest BCUT2D eigenvalue weighted by molar-refractivity contribution is 0.295. The third kappa shape index (κ3) is 4.59. The molecule has 0 atom stereocenters. The van der Waals surface area contributed by atoms with Crippen LogP contribution in [0.4, 0.5) is 0 Å². The molecule has 0 amide bonds. The summed E-state index contributed by atoms with van der Waals surface area (Å²) in [5.41, 5.74) is 6.05. The molecule has 0 bridgehead atoms. The maximum absolute atomic E-state index is 13.4. The highest BCUT2D eigenvalue weighted by molar-refractivity contribution is 5.58. The fraction of sp³-hybridized carbons (Fsp3) is 0.296. The summed E-state index contributed by atoms with van der Waals surface area (Å²) in [5, 5.41) is 0. The zero-order valence-corrected chi connectivity index (χ0v) is 20.5. The molecule has 174 valence electrons. The number of hydrogen-bond donors (Lipinski definition) is 0. The van der Waals surface area contributed by atoms with Gasteiger partial charge in [-0.1, -0.05) is 19.9 Å². The molecule has 0 aliphatic rings. The van der Waals surface area contributed by atoms with Gasteiger partial charge in [-0.3, -0.25) is 19.3 Å². The Morgan fingerprint density at radius 2 is 1.68 bits per heavy atom. The van der Waals surface area contributed by atoms with Crippen molar-refractivity contribution in [2.45, 2.75) is 54.1 Å². The van der Waals surface area contributed by atoms with Gasteiger partial charge in [-0.25, -0.2) is 9.97 Å². The highest BCUT2D eigenvalue weighted by Crippen LogP contribution is 2.27. The molecule has 7 heteroatoms. The van der Waals surface area contributed by atoms with Gasteiger partial charge >= 0.3 is 0 Å². The van der Waals surface area contributed by atoms with Crippen molar-refractivity contribution in [2.75, 3.05) is 0 Å². The van der Waals surface area contributed by atoms with E-state index < -0.39 is 0 Å². The number of aryl methyl sites for hydroxylation is 1. The Morgan fingerprint density at radius 3 is 2.41 bits per heavy atom. The van der Waals surface area contributed by atoms with Gasteiger partial charge in [0.25, 0.3) is 5.56 Å². The minimum atomic E-state index is -0.127. The zero-order chi connectivity index (χ0) is 24.4. The van der Waals surface area contributed by atoms with Crippen LogP contribution in [0.5, 0.6) is 5.75 Å². The van der Waals surface area contributed by atoms with Crippen molar-refractivity contribution >= 4 is 0 Å². The number of rotatable bonds is 6. The quantitative estimate of drug-likeness (QED) is 0.406. The van der Waals surface area contributed by atoms with E-state index in [-0.39, 0.29) is 11.5 Å². The summed E-state index contributed by atoms with van der Waals surface area (Å²) in [6.07, 6.45) is 3.44. The van der Waals surface area contributed by atoms with E-state index in [4.69, 9.17) is 4.74 Å². The maximum Gasteiger partial charge on any atom is 0.261 e. The van der Waals surface area contributed by atoms with Crippen LogP contribution in [-0.2, 0) is 6.61 Å². The SMILES string of the molecule is Cc1cccc(COc2c(C)c(C)n(-c3ccnc(-c4ccnc(C(C)C)n4)c3)c(=O)c2C)n1. The molecule has 0 saturated carbocycles. The second-order valence-electron chi connectivity index (χ2n) is 8.72. The molecule has 0 fully saturated rings. The van der Waals surface area contributed by atoms with E-state index in [2.05, 4.69) is 33.8 Å². The fourth-order valence-corrected chi connectivity index (χ4v) is 3.88. The molecular weight excluding hydrogens is 426 g/mol. The first kappa shape index (κ1) is 23.3. The van der Waals surface area contributed by atoms with Gasteiger partial charge in [0.2, 0.25) is 0 Å². The van der Waals surface area contributed by atoms with E-state index in [1.165, 1.54) is 0 Å². The van der Waals surface area contributed by atoms with Crippen LogP contribution < -0.4 is 10.3 Å². The van der Waals surface area contributed by atoms with Crippen LogP contribution in [0.25, 0.3) is 17.1 Å². The van der Waals surface area contributed by atoms with E-state index in [1.807, 2.05) is 57.2 Å². The summed E-state index contributed by atoms with van der Waals surface area (Å²) in [6, 6.07) is 11.4. The van der Waals surface area contributed by atoms with E-state index >= 15 is 0 Å². The topological polar surface area (TPSA) is 82.8 Å². The summed E-state index contributed by atoms with van der Waals surface area (Å²) in [6.45, 7) is 12.0. The molecule has 7 nitrogen and oxygen atoms in total. The molecule has 0 N–H and O–H groups in total. The lowest BCUT2D eigenvalue weighted by Gasteiger charge is -2.19. The van der Waals surface area contributed by atoms with Crippen molar-refractivity contribution < 1.29 is 4.74 Å². The molecule has 0 unspecified atom stereocenters. The first-order valence-corrected chi connectivity index (χ1v) is 11.3. The number of aromatic nitrogens is 5. The number of hydrogen-bond acceptors (Lipinski definition) is 6. The van der Waals surface area contributed by atoms with Crippen LogP contribution >= 0.6 is 0 Å². The van der Waals surface area contributed by atoms with Crippen molar-refractivity contribution in [1.82, 2.24) is 24.5 Å². The highest BCUT2D eigenvalue weighted by atomic mass is 16.5. The molecule has 0 radical (unpaired) electrons. The van der Waals surface area contributed by atoms with Gasteiger partial charge < -0.3 is 4.74 Å². The number of ether oxygens (including phenoxy) is 1. The van der Waals surface area contributed by atoms with Crippen LogP contribution in [-0.4, -0.2) is 24.5 Å². The summed E-state index contributed by atoms with van der Waals surface area (Å²) in [7, 11) is 0. The van der Waals surface area contributed by atoms with Crippen LogP contribution in [0, 0.1) is 27.7 Å². The van der Waals surface area contributed by atoms with Gasteiger partial charge in [0.15, 0.2) is 0 Å². The average Bonchev–Trinajstić information content (AvgIpc) is 2.83. The Kier molecular flexibility index (Phi) is 6.54. The monoisotopic (exact) mass is 455 g/mol. The smallest absolute Gasteiger partial charge is 0.261 e. The predicted octanol–water partition coefficient (Wildman–Crippen LogP) is 5.02. The molecule has 0 spiro atoms. The lowest BCUT2D eigenvalue weighted by atomic mass is 10.1. The third-order valence-corrected chi connectivity index (χ3v) is 5.85. The second kappa shape index (κ2) is 9.55. The predicted molar refractivity (Wildman–Crippen MR) is 132 cm³/mol. The molecule has 0 aliphatic carbocycles. The molecule has 0 aliphatic heterocycles. The largest absolute Gasteiger partial charge is 0.486 e. The second-order valence-corrected chi connectivity index (χ2v) is 8.72. The van der Waals surface area contributed by atoms with Crippen molar-refractivity contribution in [3.05, 3.63) is 93.2 Å². The minimum absolute atomic E-state index is 0.127. The Balaban J connectivity index is 1.73. The van der Waals surface area contributed by atoms with Gasteiger partial charge in [0, 0.05) is 35.3 Å². The number of nitrogens with zero attached hydrogens (tertiary/aromatic N) is 5. The Morgan fingerprint density at radius 1 is 0.912 bits per heavy atom. The minimum Gasteiger partial charge on any atom is -0.486 e. The highest BCUT2D eigenvalue weighted by Gasteiger charge is 2.18. The summed E-state index contributed by atoms with van der Waals surface area (Å²) in [5.74, 6) is 1.57. The van der Waals surface area contributed by atoms with Crippen LogP contribution in [0.15, 0.2) is 53.6 Å². The average molecular weight is 456 g/mol. The van der Waals surface area contributed by atoms with E-state index in [1.54, 1.807) is 23.9 Å². The Bertz CT molecular complexity index is 1410. The first-order chi connectivity index (χ1) is 16.3. The number of pyridine rings is 3. The molecule has 4 rings (SSSR count). The van der Waals surface area contributed by atoms with Gasteiger partial charge in [-0.05, 0) is 58.0 Å². The van der Waals surface area contributed by atoms with Crippen molar-refractivity contribution in [3.63, 3.8) is 0 Å². The molecule has 4 heterocycles. The Labute approximate surface area is 199 Å². The molecule has 34 heavy (non-hydrogen) atoms. The van der Waals surface area contributed by atoms with Gasteiger partial charge in [0.1, 0.15) is 18.2 Å². The molecule has 0 saturated heterocycles. The van der Waals surface area contributed by atoms with Crippen LogP contribution in [0.2, 0.25) is 0 Å². The first-order valence-electron chi connectivity index (χ1n) is 11.3. The van der Waals surface area contributed by atoms with Crippen molar-refractivity contribution in [2.24, 2.45) is 0 Å². The molecule has 4 aromatic rings. The van der Waals surface area contributed by atoms with E-state index in [0.717, 1.165) is 39.9 Å². The van der Waals surface area contributed by atoms with Gasteiger partial charge in [0.05, 0.1) is 28.3 Å². The maximum atomic E-state index is 13.4. The normalized spacial score (nSPS) is 11.1. The van der Waals surface area contributed by atoms with E-state index in [9.17, 15) is 4.79 Å². The fourth-order valence-electron chi connectivity index (χ4n) is 3.88. The summed E-state index contributed by atoms with van der Waals surface area (Å²) < 4.78 is 7.79. The lowest BCUT2D eigenvalue weighted by Crippen LogP contribution is -2.25. The van der Waals surface area contributed by atoms with Gasteiger partial charge in [-0.2, -0.15) is 0 Å². The van der Waals surface area contributed by atoms with Crippen molar-refractivity contribution in [1.29, 1.82) is 0 Å². The molecular formula is C27H29N5O2. The molecule has 4 aromatic heterocycles. The Hall–Kier alpha value is -3.87. The third-order valence-electron chi connectivity index (χ3n) is 5.85. The summed E-state index contributed by atoms with van der Waals surface area (Å²) >= 11 is 0. The molecule has 0 aromatic carbocycles. The summed E-state index contributed by atoms with van der Waals surface area (Å²) in [4.78, 5) is 31.4. The van der Waals surface area contributed by atoms with Crippen LogP contribution in [0.3, 0.4) is 0 Å². The standard InChI is InChI=1S/C27H29N5O2/c1-16(2)26-29-13-11-23(31-26)24-14-22(10-12-28-24)32-20(6)18(4)25(19(5)27(32)33)34-15-21-9-7-8-17(3)30-21/h7-14,16H,15H2,1-6H3. The van der Waals surface area contributed by atoms with Gasteiger partial charge in [-0.15, -0.1) is 0 Å². The zero-order valence-electron chi connectivity index (χ0n) is 20.5. The van der Waals surface area contributed by atoms with E-state index in [0.29, 0.717) is 23.6 Å².